The standard InChI is InChI=1S/C28H19BrFN3O5S2/c29-14-6-11-19(38-13-20(34)31-16-4-2-1-3-5-16)18(12-14)21-22-24(39-25-23(21)40-28(37)32-25)27(36)33(26(22)35)17-9-7-15(30)8-10-17/h1-12,21-22,24H,13H2,(H,31,34)(H,32,37). The Morgan fingerprint density at radius 1 is 1.02 bits per heavy atom. The van der Waals surface area contributed by atoms with E-state index in [-0.39, 0.29) is 23.1 Å². The predicted molar refractivity (Wildman–Crippen MR) is 154 cm³/mol. The second-order valence-corrected chi connectivity index (χ2v) is 12.2. The van der Waals surface area contributed by atoms with Crippen molar-refractivity contribution in [3.8, 4) is 5.75 Å². The third-order valence-electron chi connectivity index (χ3n) is 6.63. The molecule has 40 heavy (non-hydrogen) atoms. The molecule has 2 aliphatic heterocycles. The molecule has 4 aromatic rings. The smallest absolute Gasteiger partial charge is 0.305 e. The summed E-state index contributed by atoms with van der Waals surface area (Å²) in [4.78, 5) is 56.7. The molecule has 0 saturated carbocycles. The summed E-state index contributed by atoms with van der Waals surface area (Å²) < 4.78 is 20.2. The number of halogens is 2. The largest absolute Gasteiger partial charge is 0.483 e. The number of ether oxygens (including phenoxy) is 1. The molecular formula is C28H19BrFN3O5S2. The number of thiazole rings is 1. The van der Waals surface area contributed by atoms with Crippen LogP contribution in [0.4, 0.5) is 15.8 Å². The van der Waals surface area contributed by atoms with Crippen LogP contribution in [0.5, 0.6) is 5.75 Å². The zero-order chi connectivity index (χ0) is 28.0. The summed E-state index contributed by atoms with van der Waals surface area (Å²) in [6.45, 7) is -0.302. The van der Waals surface area contributed by atoms with E-state index in [1.54, 1.807) is 42.5 Å². The fraction of sp³-hybridized carbons (Fsp3) is 0.143. The first-order chi connectivity index (χ1) is 19.3. The zero-order valence-electron chi connectivity index (χ0n) is 20.4. The maximum Gasteiger partial charge on any atom is 0.305 e. The first-order valence-electron chi connectivity index (χ1n) is 12.1. The molecule has 3 unspecified atom stereocenters. The number of para-hydroxylation sites is 1. The summed E-state index contributed by atoms with van der Waals surface area (Å²) in [6, 6.07) is 19.3. The van der Waals surface area contributed by atoms with Gasteiger partial charge >= 0.3 is 4.87 Å². The number of thioether (sulfide) groups is 1. The highest BCUT2D eigenvalue weighted by Gasteiger charge is 2.56. The molecule has 12 heteroatoms. The first-order valence-corrected chi connectivity index (χ1v) is 14.6. The molecule has 0 spiro atoms. The molecule has 3 heterocycles. The number of nitrogens with zero attached hydrogens (tertiary/aromatic N) is 1. The van der Waals surface area contributed by atoms with Crippen LogP contribution < -0.4 is 19.8 Å². The van der Waals surface area contributed by atoms with Crippen LogP contribution in [0.15, 0.2) is 87.1 Å². The molecule has 202 valence electrons. The van der Waals surface area contributed by atoms with Gasteiger partial charge in [-0.25, -0.2) is 9.29 Å². The lowest BCUT2D eigenvalue weighted by atomic mass is 9.82. The number of benzene rings is 3. The molecule has 0 aliphatic carbocycles. The Kier molecular flexibility index (Phi) is 7.07. The van der Waals surface area contributed by atoms with Gasteiger partial charge in [0.05, 0.1) is 16.6 Å². The lowest BCUT2D eigenvalue weighted by molar-refractivity contribution is -0.122. The third-order valence-corrected chi connectivity index (χ3v) is 9.53. The van der Waals surface area contributed by atoms with Crippen LogP contribution >= 0.6 is 39.0 Å². The zero-order valence-corrected chi connectivity index (χ0v) is 23.6. The van der Waals surface area contributed by atoms with Crippen molar-refractivity contribution < 1.29 is 23.5 Å². The van der Waals surface area contributed by atoms with E-state index in [2.05, 4.69) is 26.2 Å². The van der Waals surface area contributed by atoms with Gasteiger partial charge in [0.1, 0.15) is 16.8 Å². The number of hydrogen-bond donors (Lipinski definition) is 2. The minimum absolute atomic E-state index is 0.269. The fourth-order valence-corrected chi connectivity index (χ4v) is 7.84. The van der Waals surface area contributed by atoms with Gasteiger partial charge in [0.2, 0.25) is 11.8 Å². The summed E-state index contributed by atoms with van der Waals surface area (Å²) in [5.74, 6) is -3.01. The Morgan fingerprint density at radius 3 is 2.52 bits per heavy atom. The Hall–Kier alpha value is -3.74. The van der Waals surface area contributed by atoms with E-state index in [0.29, 0.717) is 31.4 Å². The van der Waals surface area contributed by atoms with Crippen LogP contribution in [0, 0.1) is 11.7 Å². The molecule has 2 N–H and O–H groups in total. The van der Waals surface area contributed by atoms with Crippen molar-refractivity contribution in [3.63, 3.8) is 0 Å². The molecule has 0 bridgehead atoms. The Morgan fingerprint density at radius 2 is 1.77 bits per heavy atom. The predicted octanol–water partition coefficient (Wildman–Crippen LogP) is 5.15. The lowest BCUT2D eigenvalue weighted by Gasteiger charge is -2.31. The third kappa shape index (κ3) is 4.87. The topological polar surface area (TPSA) is 109 Å². The van der Waals surface area contributed by atoms with Crippen LogP contribution in [-0.2, 0) is 14.4 Å². The van der Waals surface area contributed by atoms with Crippen LogP contribution in [0.1, 0.15) is 16.4 Å². The van der Waals surface area contributed by atoms with E-state index in [0.717, 1.165) is 28.0 Å². The van der Waals surface area contributed by atoms with E-state index in [1.807, 2.05) is 6.07 Å². The minimum atomic E-state index is -0.865. The highest BCUT2D eigenvalue weighted by atomic mass is 79.9. The van der Waals surface area contributed by atoms with E-state index >= 15 is 0 Å². The van der Waals surface area contributed by atoms with Gasteiger partial charge in [-0.2, -0.15) is 0 Å². The number of rotatable bonds is 6. The van der Waals surface area contributed by atoms with Crippen LogP contribution in [0.25, 0.3) is 0 Å². The van der Waals surface area contributed by atoms with Gasteiger partial charge in [-0.1, -0.05) is 57.2 Å². The summed E-state index contributed by atoms with van der Waals surface area (Å²) in [5.41, 5.74) is 1.44. The summed E-state index contributed by atoms with van der Waals surface area (Å²) in [6.07, 6.45) is 0. The van der Waals surface area contributed by atoms with Gasteiger partial charge < -0.3 is 15.0 Å². The van der Waals surface area contributed by atoms with Gasteiger partial charge in [-0.3, -0.25) is 19.2 Å². The average Bonchev–Trinajstić information content (AvgIpc) is 3.43. The Labute approximate surface area is 243 Å². The summed E-state index contributed by atoms with van der Waals surface area (Å²) in [5, 5.41) is 2.45. The number of imide groups is 1. The molecule has 0 radical (unpaired) electrons. The van der Waals surface area contributed by atoms with Gasteiger partial charge in [-0.05, 0) is 54.6 Å². The summed E-state index contributed by atoms with van der Waals surface area (Å²) >= 11 is 5.60. The van der Waals surface area contributed by atoms with Crippen molar-refractivity contribution in [2.75, 3.05) is 16.8 Å². The van der Waals surface area contributed by atoms with Crippen molar-refractivity contribution in [1.29, 1.82) is 0 Å². The number of fused-ring (bicyclic) bond motifs is 2. The second kappa shape index (κ2) is 10.7. The van der Waals surface area contributed by atoms with Crippen molar-refractivity contribution in [3.05, 3.63) is 103 Å². The first kappa shape index (κ1) is 26.5. The second-order valence-electron chi connectivity index (χ2n) is 9.12. The van der Waals surface area contributed by atoms with Crippen molar-refractivity contribution in [2.45, 2.75) is 16.2 Å². The highest BCUT2D eigenvalue weighted by Crippen LogP contribution is 2.54. The highest BCUT2D eigenvalue weighted by molar-refractivity contribution is 9.10. The molecule has 3 aromatic carbocycles. The average molecular weight is 641 g/mol. The molecule has 1 fully saturated rings. The van der Waals surface area contributed by atoms with Gasteiger partial charge in [-0.15, -0.1) is 0 Å². The normalized spacial score (nSPS) is 19.8. The number of carbonyl (C=O) groups is 3. The fourth-order valence-electron chi connectivity index (χ4n) is 4.95. The number of H-pyrrole nitrogens is 1. The maximum atomic E-state index is 13.9. The SMILES string of the molecule is O=C(COc1ccc(Br)cc1C1c2sc(=O)[nH]c2SC2C(=O)N(c3ccc(F)cc3)C(=O)C21)Nc1ccccc1. The number of anilines is 2. The van der Waals surface area contributed by atoms with Gasteiger partial charge in [0.15, 0.2) is 6.61 Å². The number of carbonyl (C=O) groups excluding carboxylic acids is 3. The number of aromatic nitrogens is 1. The lowest BCUT2D eigenvalue weighted by Crippen LogP contribution is -2.32. The van der Waals surface area contributed by atoms with Crippen molar-refractivity contribution >= 4 is 68.1 Å². The van der Waals surface area contributed by atoms with Crippen molar-refractivity contribution in [1.82, 2.24) is 4.98 Å². The van der Waals surface area contributed by atoms with E-state index in [9.17, 15) is 23.6 Å². The molecular weight excluding hydrogens is 621 g/mol. The molecule has 8 nitrogen and oxygen atoms in total. The molecule has 2 aliphatic rings. The molecule has 6 rings (SSSR count). The van der Waals surface area contributed by atoms with E-state index in [4.69, 9.17) is 4.74 Å². The molecule has 3 amide bonds. The molecule has 1 aromatic heterocycles. The van der Waals surface area contributed by atoms with E-state index < -0.39 is 34.7 Å². The van der Waals surface area contributed by atoms with Gasteiger partial charge in [0.25, 0.3) is 5.91 Å². The molecule has 3 atom stereocenters. The quantitative estimate of drug-likeness (QED) is 0.283. The Balaban J connectivity index is 1.37. The monoisotopic (exact) mass is 639 g/mol. The Bertz CT molecular complexity index is 1690. The number of hydrogen-bond acceptors (Lipinski definition) is 7. The van der Waals surface area contributed by atoms with Crippen LogP contribution in [0.2, 0.25) is 0 Å². The minimum Gasteiger partial charge on any atom is -0.483 e. The molecule has 1 saturated heterocycles. The van der Waals surface area contributed by atoms with Crippen LogP contribution in [0.3, 0.4) is 0 Å². The van der Waals surface area contributed by atoms with Gasteiger partial charge in [0, 0.05) is 26.5 Å². The van der Waals surface area contributed by atoms with Crippen molar-refractivity contribution in [2.24, 2.45) is 5.92 Å². The number of aromatic amines is 1. The van der Waals surface area contributed by atoms with Crippen LogP contribution in [-0.4, -0.2) is 34.6 Å². The van der Waals surface area contributed by atoms with E-state index in [1.165, 1.54) is 24.3 Å². The summed E-state index contributed by atoms with van der Waals surface area (Å²) in [7, 11) is 0. The number of amides is 3. The number of nitrogens with one attached hydrogen (secondary N) is 2. The maximum absolute atomic E-state index is 13.9.